The molecule has 1 unspecified atom stereocenters. The molecule has 1 fully saturated rings. The van der Waals surface area contributed by atoms with Crippen molar-refractivity contribution in [2.24, 2.45) is 11.0 Å². The monoisotopic (exact) mass is 211 g/mol. The zero-order chi connectivity index (χ0) is 9.97. The minimum absolute atomic E-state index is 0.144. The van der Waals surface area contributed by atoms with E-state index >= 15 is 0 Å². The third kappa shape index (κ3) is 1.63. The minimum Gasteiger partial charge on any atom is -0.333 e. The first kappa shape index (κ1) is 9.90. The van der Waals surface area contributed by atoms with Crippen molar-refractivity contribution in [2.75, 3.05) is 6.54 Å². The van der Waals surface area contributed by atoms with Gasteiger partial charge in [0, 0.05) is 17.8 Å². The molecule has 1 aliphatic carbocycles. The number of nitrogens with one attached hydrogen (secondary N) is 1. The van der Waals surface area contributed by atoms with Gasteiger partial charge in [-0.25, -0.2) is 0 Å². The van der Waals surface area contributed by atoms with Crippen LogP contribution in [-0.4, -0.2) is 28.8 Å². The molecule has 1 atom stereocenters. The highest BCUT2D eigenvalue weighted by molar-refractivity contribution is 7.79. The molecule has 1 heterocycles. The second-order valence-corrected chi connectivity index (χ2v) is 4.22. The molecule has 0 bridgehead atoms. The molecule has 0 spiro atoms. The van der Waals surface area contributed by atoms with E-state index in [-0.39, 0.29) is 6.17 Å². The Kier molecular flexibility index (Phi) is 3.01. The van der Waals surface area contributed by atoms with Gasteiger partial charge in [0.05, 0.1) is 0 Å². The van der Waals surface area contributed by atoms with Crippen molar-refractivity contribution in [1.82, 2.24) is 10.3 Å². The van der Waals surface area contributed by atoms with Crippen LogP contribution in [0.3, 0.4) is 0 Å². The van der Waals surface area contributed by atoms with Crippen molar-refractivity contribution in [3.63, 3.8) is 0 Å². The summed E-state index contributed by atoms with van der Waals surface area (Å²) in [5, 5.41) is 6.18. The van der Waals surface area contributed by atoms with Gasteiger partial charge in [-0.1, -0.05) is 25.1 Å². The van der Waals surface area contributed by atoms with Gasteiger partial charge in [-0.15, -0.1) is 0 Å². The molecule has 0 aromatic rings. The van der Waals surface area contributed by atoms with E-state index in [0.29, 0.717) is 5.92 Å². The number of nitrogens with zero attached hydrogens (tertiary/aromatic N) is 2. The van der Waals surface area contributed by atoms with Gasteiger partial charge < -0.3 is 4.90 Å². The quantitative estimate of drug-likeness (QED) is 0.721. The molecular formula is C10H17N3S. The molecule has 2 aliphatic rings. The molecule has 0 saturated heterocycles. The van der Waals surface area contributed by atoms with E-state index < -0.39 is 0 Å². The van der Waals surface area contributed by atoms with E-state index in [1.54, 1.807) is 5.37 Å². The predicted octanol–water partition coefficient (Wildman–Crippen LogP) is 1.74. The van der Waals surface area contributed by atoms with Gasteiger partial charge in [0.25, 0.3) is 0 Å². The molecule has 1 saturated carbocycles. The van der Waals surface area contributed by atoms with Crippen LogP contribution in [-0.2, 0) is 0 Å². The Hall–Kier alpha value is -0.640. The molecule has 0 radical (unpaired) electrons. The Morgan fingerprint density at radius 1 is 1.57 bits per heavy atom. The molecule has 1 aliphatic heterocycles. The lowest BCUT2D eigenvalue weighted by atomic mass is 10.1. The lowest BCUT2D eigenvalue weighted by Gasteiger charge is -2.25. The predicted molar refractivity (Wildman–Crippen MR) is 62.4 cm³/mol. The van der Waals surface area contributed by atoms with E-state index in [4.69, 9.17) is 12.2 Å². The summed E-state index contributed by atoms with van der Waals surface area (Å²) in [6.07, 6.45) is 5.43. The third-order valence-electron chi connectivity index (χ3n) is 3.13. The van der Waals surface area contributed by atoms with Crippen LogP contribution in [0.4, 0.5) is 0 Å². The fourth-order valence-electron chi connectivity index (χ4n) is 2.38. The summed E-state index contributed by atoms with van der Waals surface area (Å²) in [5.74, 6) is 1.90. The summed E-state index contributed by atoms with van der Waals surface area (Å²) in [5.41, 5.74) is 3.09. The number of thiocarbonyl (C=S) groups is 1. The molecule has 0 amide bonds. The zero-order valence-electron chi connectivity index (χ0n) is 8.57. The van der Waals surface area contributed by atoms with Crippen LogP contribution >= 0.6 is 12.2 Å². The van der Waals surface area contributed by atoms with E-state index in [2.05, 4.69) is 22.4 Å². The highest BCUT2D eigenvalue weighted by Crippen LogP contribution is 2.28. The normalized spacial score (nSPS) is 27.6. The van der Waals surface area contributed by atoms with Gasteiger partial charge in [-0.2, -0.15) is 5.10 Å². The van der Waals surface area contributed by atoms with Gasteiger partial charge in [-0.05, 0) is 19.8 Å². The number of amidine groups is 1. The lowest BCUT2D eigenvalue weighted by Crippen LogP contribution is -2.42. The van der Waals surface area contributed by atoms with Crippen molar-refractivity contribution >= 4 is 23.4 Å². The number of hydrogen-bond acceptors (Lipinski definition) is 4. The second-order valence-electron chi connectivity index (χ2n) is 3.95. The van der Waals surface area contributed by atoms with Crippen LogP contribution in [0.2, 0.25) is 0 Å². The summed E-state index contributed by atoms with van der Waals surface area (Å²) >= 11 is 4.98. The van der Waals surface area contributed by atoms with E-state index in [1.807, 2.05) is 0 Å². The van der Waals surface area contributed by atoms with Gasteiger partial charge >= 0.3 is 0 Å². The Balaban J connectivity index is 2.07. The Morgan fingerprint density at radius 3 is 2.86 bits per heavy atom. The smallest absolute Gasteiger partial charge is 0.145 e. The van der Waals surface area contributed by atoms with E-state index in [0.717, 1.165) is 6.54 Å². The molecule has 3 nitrogen and oxygen atoms in total. The molecule has 1 N–H and O–H groups in total. The Morgan fingerprint density at radius 2 is 2.29 bits per heavy atom. The number of hydrogen-bond donors (Lipinski definition) is 1. The molecule has 14 heavy (non-hydrogen) atoms. The van der Waals surface area contributed by atoms with Crippen LogP contribution < -0.4 is 5.43 Å². The standard InChI is InChI=1S/C10H17N3S/c1-2-13-9(7-14)11-12-10(13)8-5-3-4-6-8/h7-9,11H,2-6H2,1H3. The molecule has 78 valence electrons. The molecule has 4 heteroatoms. The van der Waals surface area contributed by atoms with Crippen molar-refractivity contribution < 1.29 is 0 Å². The van der Waals surface area contributed by atoms with Crippen molar-refractivity contribution in [3.05, 3.63) is 0 Å². The summed E-state index contributed by atoms with van der Waals surface area (Å²) in [4.78, 5) is 2.28. The Labute approximate surface area is 90.5 Å². The largest absolute Gasteiger partial charge is 0.333 e. The highest BCUT2D eigenvalue weighted by Gasteiger charge is 2.31. The molecule has 0 aromatic carbocycles. The first-order chi connectivity index (χ1) is 6.86. The van der Waals surface area contributed by atoms with Crippen LogP contribution in [0.5, 0.6) is 0 Å². The fraction of sp³-hybridized carbons (Fsp3) is 0.800. The maximum absolute atomic E-state index is 4.98. The van der Waals surface area contributed by atoms with Crippen molar-refractivity contribution in [3.8, 4) is 0 Å². The fourth-order valence-corrected chi connectivity index (χ4v) is 2.59. The number of rotatable bonds is 3. The van der Waals surface area contributed by atoms with Crippen LogP contribution in [0.25, 0.3) is 0 Å². The minimum atomic E-state index is 0.144. The lowest BCUT2D eigenvalue weighted by molar-refractivity contribution is 0.379. The average molecular weight is 211 g/mol. The van der Waals surface area contributed by atoms with Crippen LogP contribution in [0, 0.1) is 5.92 Å². The SMILES string of the molecule is CCN1C(C2CCCC2)=NNC1C=S. The average Bonchev–Trinajstić information content (AvgIpc) is 2.85. The van der Waals surface area contributed by atoms with Crippen molar-refractivity contribution in [1.29, 1.82) is 0 Å². The first-order valence-electron chi connectivity index (χ1n) is 5.42. The topological polar surface area (TPSA) is 27.6 Å². The zero-order valence-corrected chi connectivity index (χ0v) is 9.39. The third-order valence-corrected chi connectivity index (χ3v) is 3.39. The van der Waals surface area contributed by atoms with E-state index in [1.165, 1.54) is 31.5 Å². The second kappa shape index (κ2) is 4.26. The molecule has 0 aromatic heterocycles. The summed E-state index contributed by atoms with van der Waals surface area (Å²) in [6, 6.07) is 0. The van der Waals surface area contributed by atoms with Gasteiger partial charge in [0.15, 0.2) is 0 Å². The van der Waals surface area contributed by atoms with E-state index in [9.17, 15) is 0 Å². The maximum atomic E-state index is 4.98. The summed E-state index contributed by atoms with van der Waals surface area (Å²) in [7, 11) is 0. The van der Waals surface area contributed by atoms with Gasteiger partial charge in [-0.3, -0.25) is 5.43 Å². The maximum Gasteiger partial charge on any atom is 0.145 e. The van der Waals surface area contributed by atoms with Crippen LogP contribution in [0.15, 0.2) is 5.10 Å². The van der Waals surface area contributed by atoms with Crippen molar-refractivity contribution in [2.45, 2.75) is 38.8 Å². The highest BCUT2D eigenvalue weighted by atomic mass is 32.1. The Bertz CT molecular complexity index is 246. The van der Waals surface area contributed by atoms with Crippen LogP contribution in [0.1, 0.15) is 32.6 Å². The van der Waals surface area contributed by atoms with Gasteiger partial charge in [0.1, 0.15) is 12.0 Å². The first-order valence-corrected chi connectivity index (χ1v) is 5.89. The summed E-state index contributed by atoms with van der Waals surface area (Å²) < 4.78 is 0. The van der Waals surface area contributed by atoms with Gasteiger partial charge in [0.2, 0.25) is 0 Å². The molecule has 2 rings (SSSR count). The summed E-state index contributed by atoms with van der Waals surface area (Å²) in [6.45, 7) is 3.14. The number of hydrazone groups is 1. The molecular weight excluding hydrogens is 194 g/mol.